The standard InChI is InChI=1S/C14H29N3O/c1-11(2)5-7-15-14(18)9-16-13-6-8-17(4)10-12(13)3/h11-13,16H,5-10H2,1-4H3,(H,15,18). The predicted molar refractivity (Wildman–Crippen MR) is 75.5 cm³/mol. The van der Waals surface area contributed by atoms with Gasteiger partial charge >= 0.3 is 0 Å². The molecule has 1 amide bonds. The maximum Gasteiger partial charge on any atom is 0.233 e. The molecule has 0 aromatic carbocycles. The van der Waals surface area contributed by atoms with E-state index in [2.05, 4.69) is 43.4 Å². The lowest BCUT2D eigenvalue weighted by Gasteiger charge is -2.35. The number of likely N-dealkylation sites (tertiary alicyclic amines) is 1. The van der Waals surface area contributed by atoms with Crippen LogP contribution in [-0.2, 0) is 4.79 Å². The molecule has 1 aliphatic heterocycles. The van der Waals surface area contributed by atoms with Crippen molar-refractivity contribution in [1.29, 1.82) is 0 Å². The van der Waals surface area contributed by atoms with Crippen LogP contribution in [0.2, 0.25) is 0 Å². The van der Waals surface area contributed by atoms with Crippen molar-refractivity contribution in [3.63, 3.8) is 0 Å². The summed E-state index contributed by atoms with van der Waals surface area (Å²) in [7, 11) is 2.16. The highest BCUT2D eigenvalue weighted by Gasteiger charge is 2.23. The summed E-state index contributed by atoms with van der Waals surface area (Å²) in [6, 6.07) is 0.483. The normalized spacial score (nSPS) is 25.4. The van der Waals surface area contributed by atoms with E-state index >= 15 is 0 Å². The van der Waals surface area contributed by atoms with Crippen molar-refractivity contribution in [2.24, 2.45) is 11.8 Å². The maximum atomic E-state index is 11.7. The fourth-order valence-corrected chi connectivity index (χ4v) is 2.44. The number of nitrogens with zero attached hydrogens (tertiary/aromatic N) is 1. The number of piperidine rings is 1. The molecule has 18 heavy (non-hydrogen) atoms. The molecule has 2 atom stereocenters. The van der Waals surface area contributed by atoms with Crippen LogP contribution in [0, 0.1) is 11.8 Å². The van der Waals surface area contributed by atoms with E-state index < -0.39 is 0 Å². The Hall–Kier alpha value is -0.610. The molecule has 0 saturated carbocycles. The summed E-state index contributed by atoms with van der Waals surface area (Å²) in [6.07, 6.45) is 2.19. The van der Waals surface area contributed by atoms with Crippen molar-refractivity contribution in [2.45, 2.75) is 39.7 Å². The number of carbonyl (C=O) groups is 1. The zero-order valence-electron chi connectivity index (χ0n) is 12.3. The van der Waals surface area contributed by atoms with Gasteiger partial charge in [0.2, 0.25) is 5.91 Å². The second-order valence-electron chi connectivity index (χ2n) is 6.05. The molecule has 0 radical (unpaired) electrons. The fraction of sp³-hybridized carbons (Fsp3) is 0.929. The smallest absolute Gasteiger partial charge is 0.233 e. The summed E-state index contributed by atoms with van der Waals surface area (Å²) in [4.78, 5) is 14.0. The highest BCUT2D eigenvalue weighted by molar-refractivity contribution is 5.77. The highest BCUT2D eigenvalue weighted by atomic mass is 16.1. The number of nitrogens with one attached hydrogen (secondary N) is 2. The molecule has 1 saturated heterocycles. The van der Waals surface area contributed by atoms with Gasteiger partial charge in [-0.2, -0.15) is 0 Å². The summed E-state index contributed by atoms with van der Waals surface area (Å²) in [5.74, 6) is 1.39. The third-order valence-corrected chi connectivity index (χ3v) is 3.68. The Labute approximate surface area is 111 Å². The molecule has 2 unspecified atom stereocenters. The van der Waals surface area contributed by atoms with Crippen LogP contribution in [0.3, 0.4) is 0 Å². The second-order valence-corrected chi connectivity index (χ2v) is 6.05. The van der Waals surface area contributed by atoms with Crippen molar-refractivity contribution in [3.05, 3.63) is 0 Å². The zero-order valence-corrected chi connectivity index (χ0v) is 12.3. The van der Waals surface area contributed by atoms with Gasteiger partial charge in [-0.05, 0) is 38.3 Å². The molecule has 0 spiro atoms. The molecule has 4 nitrogen and oxygen atoms in total. The molecule has 1 fully saturated rings. The van der Waals surface area contributed by atoms with Crippen molar-refractivity contribution in [2.75, 3.05) is 33.2 Å². The molecule has 0 aliphatic carbocycles. The van der Waals surface area contributed by atoms with E-state index in [1.807, 2.05) is 0 Å². The number of carbonyl (C=O) groups excluding carboxylic acids is 1. The Balaban J connectivity index is 2.14. The SMILES string of the molecule is CC(C)CCNC(=O)CNC1CCN(C)CC1C. The van der Waals surface area contributed by atoms with Gasteiger partial charge in [0.25, 0.3) is 0 Å². The van der Waals surface area contributed by atoms with Gasteiger partial charge in [-0.1, -0.05) is 20.8 Å². The van der Waals surface area contributed by atoms with Crippen molar-refractivity contribution < 1.29 is 4.79 Å². The van der Waals surface area contributed by atoms with Gasteiger partial charge in [0.1, 0.15) is 0 Å². The highest BCUT2D eigenvalue weighted by Crippen LogP contribution is 2.14. The lowest BCUT2D eigenvalue weighted by atomic mass is 9.94. The summed E-state index contributed by atoms with van der Waals surface area (Å²) in [5, 5.41) is 6.36. The molecule has 0 bridgehead atoms. The molecule has 0 aromatic rings. The fourth-order valence-electron chi connectivity index (χ4n) is 2.44. The summed E-state index contributed by atoms with van der Waals surface area (Å²) < 4.78 is 0. The zero-order chi connectivity index (χ0) is 13.5. The van der Waals surface area contributed by atoms with Gasteiger partial charge in [0, 0.05) is 19.1 Å². The first kappa shape index (κ1) is 15.4. The Morgan fingerprint density at radius 1 is 1.44 bits per heavy atom. The third-order valence-electron chi connectivity index (χ3n) is 3.68. The first-order valence-electron chi connectivity index (χ1n) is 7.17. The van der Waals surface area contributed by atoms with Gasteiger partial charge in [0.05, 0.1) is 6.54 Å². The van der Waals surface area contributed by atoms with Crippen molar-refractivity contribution >= 4 is 5.91 Å². The topological polar surface area (TPSA) is 44.4 Å². The van der Waals surface area contributed by atoms with E-state index in [1.165, 1.54) is 0 Å². The number of hydrogen-bond acceptors (Lipinski definition) is 3. The number of rotatable bonds is 6. The van der Waals surface area contributed by atoms with Crippen LogP contribution in [0.15, 0.2) is 0 Å². The lowest BCUT2D eigenvalue weighted by Crippen LogP contribution is -2.49. The van der Waals surface area contributed by atoms with Crippen molar-refractivity contribution in [1.82, 2.24) is 15.5 Å². The average molecular weight is 255 g/mol. The van der Waals surface area contributed by atoms with E-state index in [9.17, 15) is 4.79 Å². The number of hydrogen-bond donors (Lipinski definition) is 2. The monoisotopic (exact) mass is 255 g/mol. The Morgan fingerprint density at radius 2 is 2.17 bits per heavy atom. The van der Waals surface area contributed by atoms with E-state index in [0.29, 0.717) is 24.4 Å². The number of amides is 1. The van der Waals surface area contributed by atoms with Gasteiger partial charge in [-0.15, -0.1) is 0 Å². The minimum Gasteiger partial charge on any atom is -0.355 e. The van der Waals surface area contributed by atoms with Gasteiger partial charge in [-0.3, -0.25) is 4.79 Å². The lowest BCUT2D eigenvalue weighted by molar-refractivity contribution is -0.120. The third kappa shape index (κ3) is 5.83. The Bertz CT molecular complexity index is 255. The first-order valence-corrected chi connectivity index (χ1v) is 7.17. The quantitative estimate of drug-likeness (QED) is 0.746. The van der Waals surface area contributed by atoms with E-state index in [1.54, 1.807) is 0 Å². The molecule has 4 heteroatoms. The van der Waals surface area contributed by atoms with Gasteiger partial charge < -0.3 is 15.5 Å². The minimum absolute atomic E-state index is 0.127. The van der Waals surface area contributed by atoms with Crippen LogP contribution >= 0.6 is 0 Å². The average Bonchev–Trinajstić information content (AvgIpc) is 2.27. The molecule has 2 N–H and O–H groups in total. The Morgan fingerprint density at radius 3 is 2.78 bits per heavy atom. The van der Waals surface area contributed by atoms with Crippen LogP contribution in [0.5, 0.6) is 0 Å². The van der Waals surface area contributed by atoms with Crippen LogP contribution in [0.25, 0.3) is 0 Å². The van der Waals surface area contributed by atoms with Crippen LogP contribution in [-0.4, -0.2) is 50.1 Å². The van der Waals surface area contributed by atoms with E-state index in [-0.39, 0.29) is 5.91 Å². The maximum absolute atomic E-state index is 11.7. The summed E-state index contributed by atoms with van der Waals surface area (Å²) in [6.45, 7) is 10.1. The predicted octanol–water partition coefficient (Wildman–Crippen LogP) is 1.08. The van der Waals surface area contributed by atoms with Crippen LogP contribution < -0.4 is 10.6 Å². The molecule has 0 aromatic heterocycles. The Kier molecular flexibility index (Phi) is 6.65. The van der Waals surface area contributed by atoms with E-state index in [0.717, 1.165) is 32.5 Å². The van der Waals surface area contributed by atoms with Gasteiger partial charge in [-0.25, -0.2) is 0 Å². The van der Waals surface area contributed by atoms with E-state index in [4.69, 9.17) is 0 Å². The molecule has 106 valence electrons. The van der Waals surface area contributed by atoms with Gasteiger partial charge in [0.15, 0.2) is 0 Å². The minimum atomic E-state index is 0.127. The van der Waals surface area contributed by atoms with Crippen LogP contribution in [0.4, 0.5) is 0 Å². The molecule has 1 aliphatic rings. The van der Waals surface area contributed by atoms with Crippen molar-refractivity contribution in [3.8, 4) is 0 Å². The first-order chi connectivity index (χ1) is 8.49. The molecular formula is C14H29N3O. The molecular weight excluding hydrogens is 226 g/mol. The molecule has 1 heterocycles. The summed E-state index contributed by atoms with van der Waals surface area (Å²) in [5.41, 5.74) is 0. The second kappa shape index (κ2) is 7.74. The summed E-state index contributed by atoms with van der Waals surface area (Å²) >= 11 is 0. The largest absolute Gasteiger partial charge is 0.355 e. The molecule has 1 rings (SSSR count). The van der Waals surface area contributed by atoms with Crippen LogP contribution in [0.1, 0.15) is 33.6 Å².